The number of nitrogens with one attached hydrogen (secondary N) is 1. The molecule has 18 heavy (non-hydrogen) atoms. The third-order valence-corrected chi connectivity index (χ3v) is 2.70. The average molecular weight is 253 g/mol. The number of carbonyl (C=O) groups excluding carboxylic acids is 1. The van der Waals surface area contributed by atoms with Gasteiger partial charge < -0.3 is 10.4 Å². The Labute approximate surface area is 107 Å². The van der Waals surface area contributed by atoms with Gasteiger partial charge in [-0.2, -0.15) is 0 Å². The molecule has 0 atom stereocenters. The van der Waals surface area contributed by atoms with Crippen LogP contribution in [0.2, 0.25) is 0 Å². The fourth-order valence-corrected chi connectivity index (χ4v) is 1.67. The van der Waals surface area contributed by atoms with Gasteiger partial charge in [-0.1, -0.05) is 26.7 Å². The van der Waals surface area contributed by atoms with Gasteiger partial charge in [0, 0.05) is 12.6 Å². The molecule has 100 valence electrons. The first-order chi connectivity index (χ1) is 8.50. The first kappa shape index (κ1) is 14.5. The van der Waals surface area contributed by atoms with Gasteiger partial charge in [0.15, 0.2) is 0 Å². The van der Waals surface area contributed by atoms with Gasteiger partial charge in [-0.25, -0.2) is 4.39 Å². The summed E-state index contributed by atoms with van der Waals surface area (Å²) in [6.45, 7) is 4.90. The Kier molecular flexibility index (Phi) is 5.62. The second-order valence-electron chi connectivity index (χ2n) is 4.81. The summed E-state index contributed by atoms with van der Waals surface area (Å²) in [7, 11) is 0. The van der Waals surface area contributed by atoms with Gasteiger partial charge in [0.25, 0.3) is 5.91 Å². The maximum Gasteiger partial charge on any atom is 0.255 e. The Hall–Kier alpha value is -1.58. The zero-order valence-electron chi connectivity index (χ0n) is 10.9. The molecule has 0 aliphatic rings. The summed E-state index contributed by atoms with van der Waals surface area (Å²) >= 11 is 0. The number of rotatable bonds is 6. The topological polar surface area (TPSA) is 49.3 Å². The molecule has 0 fully saturated rings. The molecule has 0 spiro atoms. The molecule has 0 radical (unpaired) electrons. The number of phenols is 1. The van der Waals surface area contributed by atoms with Crippen LogP contribution in [0.3, 0.4) is 0 Å². The molecule has 0 saturated carbocycles. The number of unbranched alkanes of at least 4 members (excludes halogenated alkanes) is 1. The van der Waals surface area contributed by atoms with Crippen molar-refractivity contribution >= 4 is 5.91 Å². The van der Waals surface area contributed by atoms with Gasteiger partial charge in [-0.3, -0.25) is 4.79 Å². The summed E-state index contributed by atoms with van der Waals surface area (Å²) in [5.41, 5.74) is 0.111. The van der Waals surface area contributed by atoms with Gasteiger partial charge in [0.2, 0.25) is 0 Å². The van der Waals surface area contributed by atoms with Crippen molar-refractivity contribution in [2.45, 2.75) is 33.1 Å². The molecule has 2 N–H and O–H groups in total. The third-order valence-electron chi connectivity index (χ3n) is 2.70. The first-order valence-electron chi connectivity index (χ1n) is 6.27. The average Bonchev–Trinajstić information content (AvgIpc) is 2.27. The van der Waals surface area contributed by atoms with E-state index in [2.05, 4.69) is 19.2 Å². The van der Waals surface area contributed by atoms with E-state index >= 15 is 0 Å². The minimum absolute atomic E-state index is 0.111. The fourth-order valence-electron chi connectivity index (χ4n) is 1.67. The van der Waals surface area contributed by atoms with Crippen LogP contribution in [0.4, 0.5) is 4.39 Å². The number of hydrogen-bond acceptors (Lipinski definition) is 2. The number of hydrogen-bond donors (Lipinski definition) is 2. The van der Waals surface area contributed by atoms with E-state index in [9.17, 15) is 14.3 Å². The zero-order valence-corrected chi connectivity index (χ0v) is 10.9. The molecule has 3 nitrogen and oxygen atoms in total. The predicted octanol–water partition coefficient (Wildman–Crippen LogP) is 3.09. The zero-order chi connectivity index (χ0) is 13.5. The lowest BCUT2D eigenvalue weighted by Gasteiger charge is -2.07. The van der Waals surface area contributed by atoms with Crippen molar-refractivity contribution in [3.8, 4) is 5.75 Å². The second kappa shape index (κ2) is 6.99. The minimum Gasteiger partial charge on any atom is -0.507 e. The Balaban J connectivity index is 2.36. The van der Waals surface area contributed by atoms with Crippen LogP contribution in [0.15, 0.2) is 18.2 Å². The van der Waals surface area contributed by atoms with Crippen LogP contribution in [0.5, 0.6) is 5.75 Å². The van der Waals surface area contributed by atoms with Crippen LogP contribution >= 0.6 is 0 Å². The third kappa shape index (κ3) is 4.73. The van der Waals surface area contributed by atoms with Crippen molar-refractivity contribution in [2.75, 3.05) is 6.54 Å². The molecule has 1 rings (SSSR count). The molecule has 0 aliphatic heterocycles. The largest absolute Gasteiger partial charge is 0.507 e. The SMILES string of the molecule is CC(C)CCCCNC(=O)c1ccc(F)cc1O. The van der Waals surface area contributed by atoms with Gasteiger partial charge in [-0.15, -0.1) is 0 Å². The molecule has 0 saturated heterocycles. The summed E-state index contributed by atoms with van der Waals surface area (Å²) in [6, 6.07) is 3.38. The maximum absolute atomic E-state index is 12.7. The van der Waals surface area contributed by atoms with Crippen molar-refractivity contribution in [3.63, 3.8) is 0 Å². The second-order valence-corrected chi connectivity index (χ2v) is 4.81. The fraction of sp³-hybridized carbons (Fsp3) is 0.500. The van der Waals surface area contributed by atoms with Crippen LogP contribution in [0, 0.1) is 11.7 Å². The number of phenolic OH excluding ortho intramolecular Hbond substituents is 1. The molecular weight excluding hydrogens is 233 g/mol. The molecule has 1 aromatic rings. The molecule has 0 aromatic heterocycles. The molecule has 1 aromatic carbocycles. The lowest BCUT2D eigenvalue weighted by molar-refractivity contribution is 0.0950. The van der Waals surface area contributed by atoms with Gasteiger partial charge in [0.05, 0.1) is 5.56 Å². The van der Waals surface area contributed by atoms with Crippen molar-refractivity contribution in [1.82, 2.24) is 5.32 Å². The highest BCUT2D eigenvalue weighted by atomic mass is 19.1. The molecule has 0 aliphatic carbocycles. The molecule has 0 bridgehead atoms. The minimum atomic E-state index is -0.555. The molecular formula is C14H20FNO2. The highest BCUT2D eigenvalue weighted by Crippen LogP contribution is 2.17. The molecule has 1 amide bonds. The monoisotopic (exact) mass is 253 g/mol. The van der Waals surface area contributed by atoms with Gasteiger partial charge in [-0.05, 0) is 24.5 Å². The van der Waals surface area contributed by atoms with E-state index in [1.54, 1.807) is 0 Å². The van der Waals surface area contributed by atoms with E-state index in [0.717, 1.165) is 31.4 Å². The van der Waals surface area contributed by atoms with Gasteiger partial charge in [0.1, 0.15) is 11.6 Å². The summed E-state index contributed by atoms with van der Waals surface area (Å²) in [4.78, 5) is 11.7. The normalized spacial score (nSPS) is 10.7. The number of benzene rings is 1. The quantitative estimate of drug-likeness (QED) is 0.765. The highest BCUT2D eigenvalue weighted by molar-refractivity contribution is 5.96. The van der Waals surface area contributed by atoms with Crippen LogP contribution in [-0.2, 0) is 0 Å². The molecule has 0 unspecified atom stereocenters. The number of aromatic hydroxyl groups is 1. The van der Waals surface area contributed by atoms with Crippen LogP contribution in [-0.4, -0.2) is 17.6 Å². The lowest BCUT2D eigenvalue weighted by Crippen LogP contribution is -2.24. The summed E-state index contributed by atoms with van der Waals surface area (Å²) < 4.78 is 12.7. The van der Waals surface area contributed by atoms with Crippen LogP contribution in [0.25, 0.3) is 0 Å². The Morgan fingerprint density at radius 3 is 2.72 bits per heavy atom. The Bertz CT molecular complexity index is 405. The summed E-state index contributed by atoms with van der Waals surface area (Å²) in [5.74, 6) is -0.574. The standard InChI is InChI=1S/C14H20FNO2/c1-10(2)5-3-4-8-16-14(18)12-7-6-11(15)9-13(12)17/h6-7,9-10,17H,3-5,8H2,1-2H3,(H,16,18). The maximum atomic E-state index is 12.7. The van der Waals surface area contributed by atoms with E-state index in [-0.39, 0.29) is 17.2 Å². The van der Waals surface area contributed by atoms with E-state index in [1.165, 1.54) is 6.07 Å². The number of halogens is 1. The Morgan fingerprint density at radius 2 is 2.11 bits per heavy atom. The van der Waals surface area contributed by atoms with E-state index in [4.69, 9.17) is 0 Å². The summed E-state index contributed by atoms with van der Waals surface area (Å²) in [6.07, 6.45) is 3.11. The van der Waals surface area contributed by atoms with E-state index in [1.807, 2.05) is 0 Å². The van der Waals surface area contributed by atoms with Crippen molar-refractivity contribution in [1.29, 1.82) is 0 Å². The molecule has 4 heteroatoms. The van der Waals surface area contributed by atoms with E-state index in [0.29, 0.717) is 12.5 Å². The van der Waals surface area contributed by atoms with E-state index < -0.39 is 5.82 Å². The number of carbonyl (C=O) groups is 1. The number of amides is 1. The summed E-state index contributed by atoms with van der Waals surface area (Å²) in [5, 5.41) is 12.1. The Morgan fingerprint density at radius 1 is 1.39 bits per heavy atom. The van der Waals surface area contributed by atoms with Crippen molar-refractivity contribution < 1.29 is 14.3 Å². The van der Waals surface area contributed by atoms with Crippen LogP contribution in [0.1, 0.15) is 43.5 Å². The van der Waals surface area contributed by atoms with Crippen LogP contribution < -0.4 is 5.32 Å². The smallest absolute Gasteiger partial charge is 0.255 e. The van der Waals surface area contributed by atoms with Crippen molar-refractivity contribution in [2.24, 2.45) is 5.92 Å². The molecule has 0 heterocycles. The highest BCUT2D eigenvalue weighted by Gasteiger charge is 2.10. The van der Waals surface area contributed by atoms with Crippen molar-refractivity contribution in [3.05, 3.63) is 29.6 Å². The predicted molar refractivity (Wildman–Crippen MR) is 69.1 cm³/mol. The lowest BCUT2D eigenvalue weighted by atomic mass is 10.1. The van der Waals surface area contributed by atoms with Gasteiger partial charge >= 0.3 is 0 Å². The first-order valence-corrected chi connectivity index (χ1v) is 6.27.